The Morgan fingerprint density at radius 2 is 2.13 bits per heavy atom. The first-order chi connectivity index (χ1) is 7.04. The Kier molecular flexibility index (Phi) is 2.34. The van der Waals surface area contributed by atoms with Crippen LogP contribution in [0.3, 0.4) is 0 Å². The molecule has 1 N–H and O–H groups in total. The minimum atomic E-state index is 0.258. The predicted molar refractivity (Wildman–Crippen MR) is 60.9 cm³/mol. The van der Waals surface area contributed by atoms with Gasteiger partial charge >= 0.3 is 0 Å². The maximum Gasteiger partial charge on any atom is 0.157 e. The van der Waals surface area contributed by atoms with E-state index < -0.39 is 0 Å². The number of hydrogen-bond donors (Lipinski definition) is 1. The first kappa shape index (κ1) is 9.96. The van der Waals surface area contributed by atoms with E-state index in [2.05, 4.69) is 36.2 Å². The second-order valence-electron chi connectivity index (χ2n) is 4.86. The first-order valence-corrected chi connectivity index (χ1v) is 5.09. The summed E-state index contributed by atoms with van der Waals surface area (Å²) in [6, 6.07) is 3.83. The van der Waals surface area contributed by atoms with Gasteiger partial charge in [0.2, 0.25) is 0 Å². The predicted octanol–water partition coefficient (Wildman–Crippen LogP) is 2.19. The SMILES string of the molecule is CC(C)(C)CNc1ccn2nccc2n1. The largest absolute Gasteiger partial charge is 0.369 e. The Morgan fingerprint density at radius 1 is 1.33 bits per heavy atom. The maximum absolute atomic E-state index is 4.43. The minimum absolute atomic E-state index is 0.258. The molecule has 2 aromatic heterocycles. The summed E-state index contributed by atoms with van der Waals surface area (Å²) in [6.07, 6.45) is 3.66. The molecule has 0 amide bonds. The molecule has 4 nitrogen and oxygen atoms in total. The maximum atomic E-state index is 4.43. The van der Waals surface area contributed by atoms with Crippen LogP contribution >= 0.6 is 0 Å². The van der Waals surface area contributed by atoms with Gasteiger partial charge in [0, 0.05) is 18.8 Å². The van der Waals surface area contributed by atoms with Gasteiger partial charge in [-0.1, -0.05) is 20.8 Å². The number of rotatable bonds is 2. The Balaban J connectivity index is 2.15. The van der Waals surface area contributed by atoms with Gasteiger partial charge in [-0.15, -0.1) is 0 Å². The van der Waals surface area contributed by atoms with E-state index in [1.807, 2.05) is 18.3 Å². The van der Waals surface area contributed by atoms with E-state index in [1.165, 1.54) is 0 Å². The van der Waals surface area contributed by atoms with Crippen molar-refractivity contribution < 1.29 is 0 Å². The van der Waals surface area contributed by atoms with Crippen LogP contribution < -0.4 is 5.32 Å². The molecule has 0 radical (unpaired) electrons. The summed E-state index contributed by atoms with van der Waals surface area (Å²) in [6.45, 7) is 7.48. The molecular formula is C11H16N4. The third-order valence-electron chi connectivity index (χ3n) is 2.06. The Labute approximate surface area is 89.3 Å². The zero-order valence-electron chi connectivity index (χ0n) is 9.36. The fraction of sp³-hybridized carbons (Fsp3) is 0.455. The first-order valence-electron chi connectivity index (χ1n) is 5.09. The van der Waals surface area contributed by atoms with Gasteiger partial charge in [0.1, 0.15) is 5.82 Å². The molecule has 0 aromatic carbocycles. The van der Waals surface area contributed by atoms with Gasteiger partial charge in [0.15, 0.2) is 5.65 Å². The van der Waals surface area contributed by atoms with Gasteiger partial charge in [-0.3, -0.25) is 0 Å². The monoisotopic (exact) mass is 204 g/mol. The quantitative estimate of drug-likeness (QED) is 0.815. The van der Waals surface area contributed by atoms with Crippen LogP contribution in [0.15, 0.2) is 24.5 Å². The molecule has 0 aliphatic rings. The van der Waals surface area contributed by atoms with Crippen molar-refractivity contribution in [2.45, 2.75) is 20.8 Å². The van der Waals surface area contributed by atoms with Crippen molar-refractivity contribution in [1.82, 2.24) is 14.6 Å². The second-order valence-corrected chi connectivity index (χ2v) is 4.86. The van der Waals surface area contributed by atoms with Crippen molar-refractivity contribution in [2.75, 3.05) is 11.9 Å². The van der Waals surface area contributed by atoms with Crippen molar-refractivity contribution in [3.8, 4) is 0 Å². The average Bonchev–Trinajstić information content (AvgIpc) is 2.60. The molecule has 15 heavy (non-hydrogen) atoms. The normalized spacial score (nSPS) is 11.9. The molecule has 2 rings (SSSR count). The summed E-state index contributed by atoms with van der Waals surface area (Å²) in [4.78, 5) is 4.43. The van der Waals surface area contributed by atoms with Crippen molar-refractivity contribution in [3.05, 3.63) is 24.5 Å². The Hall–Kier alpha value is -1.58. The highest BCUT2D eigenvalue weighted by Gasteiger charge is 2.09. The molecule has 80 valence electrons. The fourth-order valence-corrected chi connectivity index (χ4v) is 1.27. The van der Waals surface area contributed by atoms with E-state index in [1.54, 1.807) is 10.7 Å². The van der Waals surface area contributed by atoms with Gasteiger partial charge in [-0.2, -0.15) is 5.10 Å². The number of nitrogens with one attached hydrogen (secondary N) is 1. The molecular weight excluding hydrogens is 188 g/mol. The summed E-state index contributed by atoms with van der Waals surface area (Å²) in [5, 5.41) is 7.41. The average molecular weight is 204 g/mol. The second kappa shape index (κ2) is 3.53. The molecule has 4 heteroatoms. The smallest absolute Gasteiger partial charge is 0.157 e. The van der Waals surface area contributed by atoms with E-state index in [0.29, 0.717) is 0 Å². The molecule has 0 saturated carbocycles. The van der Waals surface area contributed by atoms with Gasteiger partial charge in [-0.25, -0.2) is 9.50 Å². The summed E-state index contributed by atoms with van der Waals surface area (Å²) < 4.78 is 1.75. The molecule has 0 aliphatic carbocycles. The van der Waals surface area contributed by atoms with Gasteiger partial charge in [0.05, 0.1) is 6.20 Å². The lowest BCUT2D eigenvalue weighted by Gasteiger charge is -2.18. The molecule has 0 aliphatic heterocycles. The highest BCUT2D eigenvalue weighted by Crippen LogP contribution is 2.14. The van der Waals surface area contributed by atoms with Crippen LogP contribution in [-0.2, 0) is 0 Å². The molecule has 0 spiro atoms. The standard InChI is InChI=1S/C11H16N4/c1-11(2,3)8-12-9-5-7-15-10(14-9)4-6-13-15/h4-7H,8H2,1-3H3,(H,12,14). The number of hydrogen-bond acceptors (Lipinski definition) is 3. The zero-order valence-corrected chi connectivity index (χ0v) is 9.36. The molecule has 0 atom stereocenters. The van der Waals surface area contributed by atoms with Crippen LogP contribution in [0, 0.1) is 5.41 Å². The van der Waals surface area contributed by atoms with Crippen LogP contribution in [0.4, 0.5) is 5.82 Å². The van der Waals surface area contributed by atoms with E-state index in [4.69, 9.17) is 0 Å². The molecule has 0 saturated heterocycles. The van der Waals surface area contributed by atoms with Crippen LogP contribution in [0.5, 0.6) is 0 Å². The minimum Gasteiger partial charge on any atom is -0.369 e. The van der Waals surface area contributed by atoms with E-state index in [9.17, 15) is 0 Å². The van der Waals surface area contributed by atoms with E-state index >= 15 is 0 Å². The summed E-state index contributed by atoms with van der Waals surface area (Å²) >= 11 is 0. The molecule has 0 bridgehead atoms. The lowest BCUT2D eigenvalue weighted by Crippen LogP contribution is -2.19. The van der Waals surface area contributed by atoms with Crippen LogP contribution in [0.2, 0.25) is 0 Å². The lowest BCUT2D eigenvalue weighted by molar-refractivity contribution is 0.442. The number of aromatic nitrogens is 3. The van der Waals surface area contributed by atoms with E-state index in [0.717, 1.165) is 18.0 Å². The lowest BCUT2D eigenvalue weighted by atomic mass is 9.97. The summed E-state index contributed by atoms with van der Waals surface area (Å²) in [7, 11) is 0. The number of nitrogens with zero attached hydrogens (tertiary/aromatic N) is 3. The van der Waals surface area contributed by atoms with Crippen molar-refractivity contribution in [1.29, 1.82) is 0 Å². The number of fused-ring (bicyclic) bond motifs is 1. The topological polar surface area (TPSA) is 42.2 Å². The molecule has 0 fully saturated rings. The Morgan fingerprint density at radius 3 is 2.87 bits per heavy atom. The van der Waals surface area contributed by atoms with Crippen molar-refractivity contribution in [2.24, 2.45) is 5.41 Å². The van der Waals surface area contributed by atoms with Gasteiger partial charge in [-0.05, 0) is 11.5 Å². The van der Waals surface area contributed by atoms with Crippen LogP contribution in [0.1, 0.15) is 20.8 Å². The summed E-state index contributed by atoms with van der Waals surface area (Å²) in [5.74, 6) is 0.901. The van der Waals surface area contributed by atoms with Crippen molar-refractivity contribution in [3.63, 3.8) is 0 Å². The number of anilines is 1. The zero-order chi connectivity index (χ0) is 10.9. The molecule has 0 unspecified atom stereocenters. The third kappa shape index (κ3) is 2.46. The van der Waals surface area contributed by atoms with Crippen LogP contribution in [-0.4, -0.2) is 21.1 Å². The molecule has 2 aromatic rings. The van der Waals surface area contributed by atoms with Gasteiger partial charge in [0.25, 0.3) is 0 Å². The highest BCUT2D eigenvalue weighted by molar-refractivity contribution is 5.45. The summed E-state index contributed by atoms with van der Waals surface area (Å²) in [5.41, 5.74) is 1.13. The van der Waals surface area contributed by atoms with E-state index in [-0.39, 0.29) is 5.41 Å². The van der Waals surface area contributed by atoms with Crippen molar-refractivity contribution >= 4 is 11.5 Å². The van der Waals surface area contributed by atoms with Gasteiger partial charge < -0.3 is 5.32 Å². The Bertz CT molecular complexity index is 453. The molecule has 2 heterocycles. The highest BCUT2D eigenvalue weighted by atomic mass is 15.2. The fourth-order valence-electron chi connectivity index (χ4n) is 1.27. The third-order valence-corrected chi connectivity index (χ3v) is 2.06. The van der Waals surface area contributed by atoms with Crippen LogP contribution in [0.25, 0.3) is 5.65 Å².